The van der Waals surface area contributed by atoms with Gasteiger partial charge in [0.25, 0.3) is 17.7 Å². The lowest BCUT2D eigenvalue weighted by atomic mass is 9.89. The van der Waals surface area contributed by atoms with Gasteiger partial charge in [-0.3, -0.25) is 43.8 Å². The van der Waals surface area contributed by atoms with Gasteiger partial charge in [-0.25, -0.2) is 0 Å². The molecule has 0 saturated carbocycles. The number of furan rings is 1. The fourth-order valence-corrected chi connectivity index (χ4v) is 5.25. The van der Waals surface area contributed by atoms with Crippen LogP contribution in [0, 0.1) is 0 Å². The highest BCUT2D eigenvalue weighted by atomic mass is 16.4. The fraction of sp³-hybridized carbons (Fsp3) is 0.207. The lowest BCUT2D eigenvalue weighted by molar-refractivity contribution is -0.136. The van der Waals surface area contributed by atoms with E-state index in [1.54, 1.807) is 30.3 Å². The van der Waals surface area contributed by atoms with Crippen molar-refractivity contribution in [1.29, 1.82) is 0 Å². The molecule has 1 fully saturated rings. The number of nitrogens with zero attached hydrogens (tertiary/aromatic N) is 1. The Morgan fingerprint density at radius 2 is 1.61 bits per heavy atom. The van der Waals surface area contributed by atoms with Crippen molar-refractivity contribution in [3.63, 3.8) is 0 Å². The van der Waals surface area contributed by atoms with Gasteiger partial charge in [-0.1, -0.05) is 30.3 Å². The Kier molecular flexibility index (Phi) is 6.29. The van der Waals surface area contributed by atoms with Crippen LogP contribution in [-0.2, 0) is 9.59 Å². The molecule has 2 aromatic carbocycles. The summed E-state index contributed by atoms with van der Waals surface area (Å²) in [6.45, 7) is 0.515. The molecule has 0 spiro atoms. The van der Waals surface area contributed by atoms with Crippen LogP contribution in [0.4, 0.5) is 5.69 Å². The molecule has 206 valence electrons. The van der Waals surface area contributed by atoms with E-state index in [2.05, 4.69) is 16.0 Å². The maximum absolute atomic E-state index is 13.2. The summed E-state index contributed by atoms with van der Waals surface area (Å²) in [4.78, 5) is 89.0. The van der Waals surface area contributed by atoms with Crippen LogP contribution in [0.2, 0.25) is 0 Å². The summed E-state index contributed by atoms with van der Waals surface area (Å²) < 4.78 is 5.46. The molecular formula is C29H22N4O8. The molecule has 1 atom stereocenters. The van der Waals surface area contributed by atoms with Crippen LogP contribution in [0.1, 0.15) is 82.6 Å². The topological polar surface area (TPSA) is 172 Å². The van der Waals surface area contributed by atoms with Gasteiger partial charge in [-0.05, 0) is 25.0 Å². The standard InChI is InChI=1S/C29H22N4O8/c34-21-10-9-19(26(37)32-21)33-28(39)16-7-3-8-18(22(16)29(33)40)30-11-4-12-31-27(38)20-13-17-23(35)14-5-1-2-6-15(14)24(36)25(17)41-20/h1-3,5-8,13,19,30H,4,9-12H2,(H,31,38)(H,32,34,37). The predicted octanol–water partition coefficient (Wildman–Crippen LogP) is 1.69. The molecule has 3 N–H and O–H groups in total. The zero-order valence-corrected chi connectivity index (χ0v) is 21.4. The van der Waals surface area contributed by atoms with Gasteiger partial charge in [-0.15, -0.1) is 0 Å². The molecule has 5 amide bonds. The van der Waals surface area contributed by atoms with Crippen LogP contribution in [-0.4, -0.2) is 65.1 Å². The maximum atomic E-state index is 13.2. The zero-order valence-electron chi connectivity index (χ0n) is 21.4. The van der Waals surface area contributed by atoms with E-state index < -0.39 is 41.4 Å². The number of carbonyl (C=O) groups excluding carboxylic acids is 7. The number of fused-ring (bicyclic) bond motifs is 3. The molecule has 0 radical (unpaired) electrons. The van der Waals surface area contributed by atoms with Gasteiger partial charge < -0.3 is 15.1 Å². The molecule has 0 bridgehead atoms. The summed E-state index contributed by atoms with van der Waals surface area (Å²) >= 11 is 0. The lowest BCUT2D eigenvalue weighted by Gasteiger charge is -2.27. The first kappa shape index (κ1) is 25.9. The summed E-state index contributed by atoms with van der Waals surface area (Å²) in [6, 6.07) is 11.3. The normalized spacial score (nSPS) is 17.7. The highest BCUT2D eigenvalue weighted by Gasteiger charge is 2.45. The van der Waals surface area contributed by atoms with E-state index in [-0.39, 0.29) is 64.5 Å². The average Bonchev–Trinajstić information content (AvgIpc) is 3.52. The third-order valence-corrected chi connectivity index (χ3v) is 7.25. The van der Waals surface area contributed by atoms with E-state index >= 15 is 0 Å². The van der Waals surface area contributed by atoms with Crippen molar-refractivity contribution in [3.8, 4) is 0 Å². The molecule has 12 heteroatoms. The summed E-state index contributed by atoms with van der Waals surface area (Å²) in [7, 11) is 0. The van der Waals surface area contributed by atoms with Crippen molar-refractivity contribution in [2.24, 2.45) is 0 Å². The first-order chi connectivity index (χ1) is 19.8. The van der Waals surface area contributed by atoms with Gasteiger partial charge in [0.1, 0.15) is 6.04 Å². The third-order valence-electron chi connectivity index (χ3n) is 7.25. The Morgan fingerprint density at radius 3 is 2.37 bits per heavy atom. The van der Waals surface area contributed by atoms with Crippen LogP contribution < -0.4 is 16.0 Å². The molecule has 1 saturated heterocycles. The Bertz CT molecular complexity index is 1650. The van der Waals surface area contributed by atoms with E-state index in [1.165, 1.54) is 18.2 Å². The SMILES string of the molecule is O=C1CCC(N2C(=O)c3cccc(NCCCNC(=O)c4cc5c(o4)C(=O)c4ccccc4C5=O)c3C2=O)C(=O)N1. The van der Waals surface area contributed by atoms with E-state index in [0.717, 1.165) is 4.90 Å². The smallest absolute Gasteiger partial charge is 0.287 e. The van der Waals surface area contributed by atoms with Crippen molar-refractivity contribution >= 4 is 46.8 Å². The number of ketones is 2. The number of hydrogen-bond acceptors (Lipinski definition) is 9. The van der Waals surface area contributed by atoms with E-state index in [9.17, 15) is 33.6 Å². The van der Waals surface area contributed by atoms with Crippen LogP contribution >= 0.6 is 0 Å². The van der Waals surface area contributed by atoms with Gasteiger partial charge in [0.05, 0.1) is 16.7 Å². The largest absolute Gasteiger partial charge is 0.447 e. The lowest BCUT2D eigenvalue weighted by Crippen LogP contribution is -2.54. The third kappa shape index (κ3) is 4.29. The number of nitrogens with one attached hydrogen (secondary N) is 3. The molecule has 41 heavy (non-hydrogen) atoms. The van der Waals surface area contributed by atoms with Gasteiger partial charge in [0, 0.05) is 42.4 Å². The number of rotatable bonds is 7. The van der Waals surface area contributed by atoms with Crippen LogP contribution in [0.15, 0.2) is 52.9 Å². The Hall–Kier alpha value is -5.39. The molecule has 1 aliphatic carbocycles. The maximum Gasteiger partial charge on any atom is 0.287 e. The Labute approximate surface area is 232 Å². The summed E-state index contributed by atoms with van der Waals surface area (Å²) in [5.74, 6) is -4.11. The number of carbonyl (C=O) groups is 7. The minimum atomic E-state index is -1.06. The number of anilines is 1. The first-order valence-electron chi connectivity index (χ1n) is 12.9. The summed E-state index contributed by atoms with van der Waals surface area (Å²) in [5, 5.41) is 7.94. The van der Waals surface area contributed by atoms with Crippen molar-refractivity contribution in [2.45, 2.75) is 25.3 Å². The molecular weight excluding hydrogens is 532 g/mol. The second-order valence-electron chi connectivity index (χ2n) is 9.77. The molecule has 1 unspecified atom stereocenters. The summed E-state index contributed by atoms with van der Waals surface area (Å²) in [5.41, 5.74) is 1.23. The fourth-order valence-electron chi connectivity index (χ4n) is 5.25. The van der Waals surface area contributed by atoms with E-state index in [0.29, 0.717) is 18.7 Å². The van der Waals surface area contributed by atoms with Gasteiger partial charge in [0.2, 0.25) is 17.6 Å². The average molecular weight is 555 g/mol. The second-order valence-corrected chi connectivity index (χ2v) is 9.77. The Balaban J connectivity index is 1.06. The van der Waals surface area contributed by atoms with Crippen molar-refractivity contribution in [3.05, 3.63) is 87.9 Å². The number of amides is 5. The molecule has 3 aromatic rings. The molecule has 3 heterocycles. The number of imide groups is 2. The molecule has 12 nitrogen and oxygen atoms in total. The summed E-state index contributed by atoms with van der Waals surface area (Å²) in [6.07, 6.45) is 0.506. The minimum Gasteiger partial charge on any atom is -0.447 e. The molecule has 1 aromatic heterocycles. The van der Waals surface area contributed by atoms with Gasteiger partial charge in [0.15, 0.2) is 17.3 Å². The molecule has 6 rings (SSSR count). The molecule has 2 aliphatic heterocycles. The quantitative estimate of drug-likeness (QED) is 0.227. The zero-order chi connectivity index (χ0) is 28.8. The van der Waals surface area contributed by atoms with Crippen LogP contribution in [0.5, 0.6) is 0 Å². The predicted molar refractivity (Wildman–Crippen MR) is 141 cm³/mol. The van der Waals surface area contributed by atoms with E-state index in [1.807, 2.05) is 0 Å². The minimum absolute atomic E-state index is 0.0293. The number of hydrogen-bond donors (Lipinski definition) is 3. The molecule has 3 aliphatic rings. The first-order valence-corrected chi connectivity index (χ1v) is 12.9. The van der Waals surface area contributed by atoms with Crippen molar-refractivity contribution in [2.75, 3.05) is 18.4 Å². The highest BCUT2D eigenvalue weighted by molar-refractivity contribution is 6.28. The monoisotopic (exact) mass is 554 g/mol. The second kappa shape index (κ2) is 9.97. The van der Waals surface area contributed by atoms with Crippen molar-refractivity contribution < 1.29 is 38.0 Å². The van der Waals surface area contributed by atoms with E-state index in [4.69, 9.17) is 4.42 Å². The van der Waals surface area contributed by atoms with Crippen LogP contribution in [0.3, 0.4) is 0 Å². The highest BCUT2D eigenvalue weighted by Crippen LogP contribution is 2.32. The van der Waals surface area contributed by atoms with Crippen LogP contribution in [0.25, 0.3) is 0 Å². The Morgan fingerprint density at radius 1 is 0.878 bits per heavy atom. The van der Waals surface area contributed by atoms with Crippen molar-refractivity contribution in [1.82, 2.24) is 15.5 Å². The van der Waals surface area contributed by atoms with Gasteiger partial charge >= 0.3 is 0 Å². The van der Waals surface area contributed by atoms with Gasteiger partial charge in [-0.2, -0.15) is 0 Å². The number of benzene rings is 2. The number of piperidine rings is 1.